The van der Waals surface area contributed by atoms with Crippen LogP contribution in [0.25, 0.3) is 0 Å². The molecule has 0 saturated carbocycles. The highest BCUT2D eigenvalue weighted by Crippen LogP contribution is 2.14. The van der Waals surface area contributed by atoms with E-state index < -0.39 is 0 Å². The number of hydrogen-bond acceptors (Lipinski definition) is 4. The van der Waals surface area contributed by atoms with Crippen molar-refractivity contribution in [2.75, 3.05) is 37.6 Å². The Morgan fingerprint density at radius 3 is 2.50 bits per heavy atom. The minimum Gasteiger partial charge on any atom is -0.353 e. The predicted octanol–water partition coefficient (Wildman–Crippen LogP) is 1.48. The average Bonchev–Trinajstić information content (AvgIpc) is 2.32. The van der Waals surface area contributed by atoms with Gasteiger partial charge in [0.15, 0.2) is 11.0 Å². The van der Waals surface area contributed by atoms with Gasteiger partial charge in [0.25, 0.3) is 0 Å². The van der Waals surface area contributed by atoms with E-state index in [1.807, 2.05) is 6.07 Å². The van der Waals surface area contributed by atoms with Gasteiger partial charge in [-0.3, -0.25) is 4.90 Å². The minimum absolute atomic E-state index is 0.444. The number of anilines is 1. The Balaban J connectivity index is 1.91. The molecule has 87 valence electrons. The lowest BCUT2D eigenvalue weighted by molar-refractivity contribution is 0.261. The van der Waals surface area contributed by atoms with Gasteiger partial charge < -0.3 is 4.90 Å². The van der Waals surface area contributed by atoms with Crippen LogP contribution in [0.1, 0.15) is 6.42 Å². The summed E-state index contributed by atoms with van der Waals surface area (Å²) in [6.07, 6.45) is 0.973. The summed E-state index contributed by atoms with van der Waals surface area (Å²) >= 11 is 5.71. The number of rotatable bonds is 3. The van der Waals surface area contributed by atoms with Gasteiger partial charge in [-0.05, 0) is 25.1 Å². The fraction of sp³-hybridized carbons (Fsp3) is 0.545. The first kappa shape index (κ1) is 11.6. The van der Waals surface area contributed by atoms with Crippen molar-refractivity contribution in [1.29, 1.82) is 0 Å². The van der Waals surface area contributed by atoms with E-state index in [-0.39, 0.29) is 0 Å². The summed E-state index contributed by atoms with van der Waals surface area (Å²) in [4.78, 5) is 4.66. The number of hydrogen-bond donors (Lipinski definition) is 0. The highest BCUT2D eigenvalue weighted by molar-refractivity contribution is 6.29. The van der Waals surface area contributed by atoms with Crippen molar-refractivity contribution in [3.05, 3.63) is 24.2 Å². The van der Waals surface area contributed by atoms with Crippen LogP contribution >= 0.6 is 11.6 Å². The average molecular weight is 240 g/mol. The first-order valence-electron chi connectivity index (χ1n) is 5.55. The van der Waals surface area contributed by atoms with Crippen molar-refractivity contribution in [3.63, 3.8) is 0 Å². The summed E-state index contributed by atoms with van der Waals surface area (Å²) in [5, 5.41) is 8.39. The zero-order valence-electron chi connectivity index (χ0n) is 9.27. The van der Waals surface area contributed by atoms with E-state index in [2.05, 4.69) is 26.9 Å². The lowest BCUT2D eigenvalue weighted by Gasteiger charge is -2.34. The molecule has 1 radical (unpaired) electrons. The third-order valence-electron chi connectivity index (χ3n) is 2.79. The topological polar surface area (TPSA) is 32.3 Å². The van der Waals surface area contributed by atoms with E-state index in [0.717, 1.165) is 45.0 Å². The molecule has 0 amide bonds. The fourth-order valence-electron chi connectivity index (χ4n) is 1.90. The molecule has 0 unspecified atom stereocenters. The Hall–Kier alpha value is -0.870. The first-order valence-corrected chi connectivity index (χ1v) is 5.93. The van der Waals surface area contributed by atoms with E-state index >= 15 is 0 Å². The Bertz CT molecular complexity index is 319. The summed E-state index contributed by atoms with van der Waals surface area (Å²) in [7, 11) is 0. The molecule has 1 saturated heterocycles. The largest absolute Gasteiger partial charge is 0.353 e. The van der Waals surface area contributed by atoms with E-state index in [4.69, 9.17) is 11.6 Å². The van der Waals surface area contributed by atoms with Crippen molar-refractivity contribution in [3.8, 4) is 0 Å². The van der Waals surface area contributed by atoms with Crippen LogP contribution in [-0.2, 0) is 0 Å². The van der Waals surface area contributed by atoms with Crippen LogP contribution in [0.3, 0.4) is 0 Å². The molecule has 16 heavy (non-hydrogen) atoms. The molecule has 1 aliphatic rings. The molecule has 0 N–H and O–H groups in total. The van der Waals surface area contributed by atoms with Gasteiger partial charge in [-0.2, -0.15) is 0 Å². The Morgan fingerprint density at radius 1 is 1.19 bits per heavy atom. The molecule has 0 aromatic carbocycles. The van der Waals surface area contributed by atoms with Crippen LogP contribution in [0.4, 0.5) is 5.82 Å². The number of halogens is 1. The molecule has 1 aromatic heterocycles. The second-order valence-corrected chi connectivity index (χ2v) is 4.28. The van der Waals surface area contributed by atoms with Crippen molar-refractivity contribution in [1.82, 2.24) is 15.1 Å². The molecule has 2 heterocycles. The van der Waals surface area contributed by atoms with E-state index in [0.29, 0.717) is 5.15 Å². The summed E-state index contributed by atoms with van der Waals surface area (Å²) in [6, 6.07) is 3.71. The maximum absolute atomic E-state index is 5.71. The smallest absolute Gasteiger partial charge is 0.151 e. The summed E-state index contributed by atoms with van der Waals surface area (Å²) < 4.78 is 0. The molecular weight excluding hydrogens is 224 g/mol. The van der Waals surface area contributed by atoms with E-state index in [1.165, 1.54) is 0 Å². The van der Waals surface area contributed by atoms with Gasteiger partial charge in [0.2, 0.25) is 0 Å². The summed E-state index contributed by atoms with van der Waals surface area (Å²) in [5.41, 5.74) is 0. The molecule has 1 aromatic rings. The molecule has 5 heteroatoms. The van der Waals surface area contributed by atoms with Crippen molar-refractivity contribution in [2.45, 2.75) is 6.42 Å². The molecular formula is C11H16ClN4. The highest BCUT2D eigenvalue weighted by atomic mass is 35.5. The van der Waals surface area contributed by atoms with Crippen LogP contribution in [0.2, 0.25) is 5.15 Å². The van der Waals surface area contributed by atoms with Gasteiger partial charge in [-0.15, -0.1) is 10.2 Å². The normalized spacial score (nSPS) is 17.8. The first-order chi connectivity index (χ1) is 7.79. The van der Waals surface area contributed by atoms with E-state index in [9.17, 15) is 0 Å². The van der Waals surface area contributed by atoms with Crippen molar-refractivity contribution >= 4 is 17.4 Å². The van der Waals surface area contributed by atoms with Gasteiger partial charge in [-0.25, -0.2) is 0 Å². The fourth-order valence-corrected chi connectivity index (χ4v) is 2.00. The molecule has 0 bridgehead atoms. The predicted molar refractivity (Wildman–Crippen MR) is 65.7 cm³/mol. The Morgan fingerprint density at radius 2 is 1.94 bits per heavy atom. The standard InChI is InChI=1S/C11H16ClN4/c1-2-5-15-6-8-16(9-7-15)11-4-3-10(12)13-14-11/h3-4H,1-2,5-9H2. The molecule has 4 nitrogen and oxygen atoms in total. The second kappa shape index (κ2) is 5.46. The SMILES string of the molecule is [CH2]CCN1CCN(c2ccc(Cl)nn2)CC1. The van der Waals surface area contributed by atoms with Crippen LogP contribution in [0.15, 0.2) is 12.1 Å². The van der Waals surface area contributed by atoms with Crippen LogP contribution < -0.4 is 4.90 Å². The van der Waals surface area contributed by atoms with Crippen LogP contribution in [-0.4, -0.2) is 47.8 Å². The molecule has 0 atom stereocenters. The van der Waals surface area contributed by atoms with Crippen molar-refractivity contribution < 1.29 is 0 Å². The second-order valence-electron chi connectivity index (χ2n) is 3.90. The zero-order valence-corrected chi connectivity index (χ0v) is 10.0. The van der Waals surface area contributed by atoms with Gasteiger partial charge in [0.1, 0.15) is 0 Å². The molecule has 0 aliphatic carbocycles. The zero-order chi connectivity index (χ0) is 11.4. The minimum atomic E-state index is 0.444. The Kier molecular flexibility index (Phi) is 3.96. The quantitative estimate of drug-likeness (QED) is 0.800. The monoisotopic (exact) mass is 239 g/mol. The summed E-state index contributed by atoms with van der Waals surface area (Å²) in [5.74, 6) is 0.915. The van der Waals surface area contributed by atoms with Crippen LogP contribution in [0, 0.1) is 6.92 Å². The Labute approximate surface area is 101 Å². The molecule has 1 fully saturated rings. The third kappa shape index (κ3) is 2.83. The molecule has 0 spiro atoms. The maximum atomic E-state index is 5.71. The summed E-state index contributed by atoms with van der Waals surface area (Å²) in [6.45, 7) is 9.09. The maximum Gasteiger partial charge on any atom is 0.151 e. The van der Waals surface area contributed by atoms with Gasteiger partial charge in [-0.1, -0.05) is 18.5 Å². The third-order valence-corrected chi connectivity index (χ3v) is 2.99. The number of piperazine rings is 1. The number of aromatic nitrogens is 2. The van der Waals surface area contributed by atoms with Gasteiger partial charge in [0, 0.05) is 26.2 Å². The lowest BCUT2D eigenvalue weighted by Crippen LogP contribution is -2.46. The van der Waals surface area contributed by atoms with Crippen molar-refractivity contribution in [2.24, 2.45) is 0 Å². The van der Waals surface area contributed by atoms with Gasteiger partial charge in [0.05, 0.1) is 0 Å². The lowest BCUT2D eigenvalue weighted by atomic mass is 10.3. The molecule has 2 rings (SSSR count). The highest BCUT2D eigenvalue weighted by Gasteiger charge is 2.17. The molecule has 1 aliphatic heterocycles. The number of nitrogens with zero attached hydrogens (tertiary/aromatic N) is 4. The van der Waals surface area contributed by atoms with Gasteiger partial charge >= 0.3 is 0 Å². The van der Waals surface area contributed by atoms with E-state index in [1.54, 1.807) is 6.07 Å². The van der Waals surface area contributed by atoms with Crippen LogP contribution in [0.5, 0.6) is 0 Å².